The molecule has 0 radical (unpaired) electrons. The Morgan fingerprint density at radius 1 is 1.24 bits per heavy atom. The fraction of sp³-hybridized carbons (Fsp3) is 0.353. The van der Waals surface area contributed by atoms with E-state index in [0.29, 0.717) is 18.0 Å². The Morgan fingerprint density at radius 3 is 2.62 bits per heavy atom. The average molecular weight is 348 g/mol. The number of hydrogen-bond donors (Lipinski definition) is 1. The van der Waals surface area contributed by atoms with Crippen LogP contribution < -0.4 is 0 Å². The first kappa shape index (κ1) is 14.5. The number of aliphatic hydroxyl groups excluding tert-OH is 1. The molecule has 21 heavy (non-hydrogen) atoms. The molecule has 1 aliphatic rings. The molecular formula is C17H18BrNO2. The summed E-state index contributed by atoms with van der Waals surface area (Å²) >= 11 is 3.45. The fourth-order valence-corrected chi connectivity index (χ4v) is 3.27. The summed E-state index contributed by atoms with van der Waals surface area (Å²) in [6.45, 7) is 0.717. The number of fused-ring (bicyclic) bond motifs is 1. The van der Waals surface area contributed by atoms with Gasteiger partial charge in [0.25, 0.3) is 5.91 Å². The number of rotatable bonds is 3. The predicted octanol–water partition coefficient (Wildman–Crippen LogP) is 3.45. The van der Waals surface area contributed by atoms with Gasteiger partial charge >= 0.3 is 0 Å². The summed E-state index contributed by atoms with van der Waals surface area (Å²) in [7, 11) is 1.83. The van der Waals surface area contributed by atoms with Crippen LogP contribution in [0.3, 0.4) is 0 Å². The Labute approximate surface area is 132 Å². The van der Waals surface area contributed by atoms with Gasteiger partial charge in [0.2, 0.25) is 0 Å². The highest BCUT2D eigenvalue weighted by molar-refractivity contribution is 9.10. The zero-order chi connectivity index (χ0) is 15.0. The van der Waals surface area contributed by atoms with Gasteiger partial charge in [0.1, 0.15) is 0 Å². The molecule has 0 saturated heterocycles. The van der Waals surface area contributed by atoms with E-state index < -0.39 is 0 Å². The number of hydrogen-bond acceptors (Lipinski definition) is 2. The minimum Gasteiger partial charge on any atom is -0.393 e. The van der Waals surface area contributed by atoms with Crippen LogP contribution in [0.2, 0.25) is 0 Å². The van der Waals surface area contributed by atoms with Crippen molar-refractivity contribution in [3.05, 3.63) is 46.4 Å². The van der Waals surface area contributed by atoms with E-state index in [9.17, 15) is 9.90 Å². The van der Waals surface area contributed by atoms with Crippen LogP contribution in [0, 0.1) is 5.92 Å². The van der Waals surface area contributed by atoms with Crippen molar-refractivity contribution in [3.63, 3.8) is 0 Å². The molecule has 0 atom stereocenters. The molecule has 110 valence electrons. The van der Waals surface area contributed by atoms with E-state index in [-0.39, 0.29) is 12.0 Å². The lowest BCUT2D eigenvalue weighted by atomic mass is 9.82. The highest BCUT2D eigenvalue weighted by Gasteiger charge is 2.29. The number of halogens is 1. The summed E-state index contributed by atoms with van der Waals surface area (Å²) in [4.78, 5) is 14.2. The minimum atomic E-state index is -0.169. The Balaban J connectivity index is 1.76. The Morgan fingerprint density at radius 2 is 1.90 bits per heavy atom. The van der Waals surface area contributed by atoms with Crippen LogP contribution in [0.4, 0.5) is 0 Å². The minimum absolute atomic E-state index is 0.0428. The quantitative estimate of drug-likeness (QED) is 0.923. The van der Waals surface area contributed by atoms with Gasteiger partial charge in [-0.2, -0.15) is 0 Å². The maximum Gasteiger partial charge on any atom is 0.253 e. The fourth-order valence-electron chi connectivity index (χ4n) is 2.89. The second-order valence-corrected chi connectivity index (χ2v) is 6.80. The van der Waals surface area contributed by atoms with Gasteiger partial charge in [0.15, 0.2) is 0 Å². The topological polar surface area (TPSA) is 40.5 Å². The van der Waals surface area contributed by atoms with Gasteiger partial charge in [0, 0.05) is 23.6 Å². The molecule has 1 fully saturated rings. The first-order chi connectivity index (χ1) is 10.0. The third-order valence-electron chi connectivity index (χ3n) is 4.14. The molecule has 1 aliphatic carbocycles. The Hall–Kier alpha value is -1.39. The van der Waals surface area contributed by atoms with Crippen LogP contribution in [-0.4, -0.2) is 35.6 Å². The summed E-state index contributed by atoms with van der Waals surface area (Å²) in [6.07, 6.45) is 1.45. The molecule has 2 aromatic carbocycles. The monoisotopic (exact) mass is 347 g/mol. The molecule has 2 aromatic rings. The van der Waals surface area contributed by atoms with Gasteiger partial charge in [-0.15, -0.1) is 0 Å². The normalized spacial score (nSPS) is 21.1. The second kappa shape index (κ2) is 5.78. The van der Waals surface area contributed by atoms with Crippen LogP contribution >= 0.6 is 15.9 Å². The SMILES string of the molecule is CN(CC1CC(O)C1)C(=O)c1ccc2cc(Br)ccc2c1. The summed E-state index contributed by atoms with van der Waals surface area (Å²) < 4.78 is 1.04. The summed E-state index contributed by atoms with van der Waals surface area (Å²) in [5, 5.41) is 11.5. The highest BCUT2D eigenvalue weighted by atomic mass is 79.9. The zero-order valence-electron chi connectivity index (χ0n) is 11.9. The first-order valence-corrected chi connectivity index (χ1v) is 7.95. The maximum absolute atomic E-state index is 12.5. The lowest BCUT2D eigenvalue weighted by molar-refractivity contribution is 0.0265. The molecule has 1 N–H and O–H groups in total. The van der Waals surface area contributed by atoms with Gasteiger partial charge in [-0.1, -0.05) is 28.1 Å². The average Bonchev–Trinajstić information content (AvgIpc) is 2.44. The van der Waals surface area contributed by atoms with Crippen LogP contribution in [0.5, 0.6) is 0 Å². The number of nitrogens with zero attached hydrogens (tertiary/aromatic N) is 1. The van der Waals surface area contributed by atoms with E-state index in [1.54, 1.807) is 4.90 Å². The summed E-state index contributed by atoms with van der Waals surface area (Å²) in [5.41, 5.74) is 0.715. The standard InChI is InChI=1S/C17H18BrNO2/c1-19(10-11-6-16(20)7-11)17(21)14-3-2-13-9-15(18)5-4-12(13)8-14/h2-5,8-9,11,16,20H,6-7,10H2,1H3. The van der Waals surface area contributed by atoms with Crippen molar-refractivity contribution >= 4 is 32.6 Å². The number of amides is 1. The molecule has 0 unspecified atom stereocenters. The predicted molar refractivity (Wildman–Crippen MR) is 87.3 cm³/mol. The van der Waals surface area contributed by atoms with E-state index in [2.05, 4.69) is 15.9 Å². The number of aliphatic hydroxyl groups is 1. The second-order valence-electron chi connectivity index (χ2n) is 5.88. The van der Waals surface area contributed by atoms with E-state index in [4.69, 9.17) is 0 Å². The lowest BCUT2D eigenvalue weighted by Crippen LogP contribution is -2.39. The van der Waals surface area contributed by atoms with Gasteiger partial charge in [-0.25, -0.2) is 0 Å². The number of benzene rings is 2. The molecule has 0 spiro atoms. The van der Waals surface area contributed by atoms with Crippen molar-refractivity contribution in [2.75, 3.05) is 13.6 Å². The van der Waals surface area contributed by atoms with Gasteiger partial charge in [-0.05, 0) is 53.8 Å². The number of carbonyl (C=O) groups excluding carboxylic acids is 1. The van der Waals surface area contributed by atoms with Crippen LogP contribution in [-0.2, 0) is 0 Å². The highest BCUT2D eigenvalue weighted by Crippen LogP contribution is 2.28. The van der Waals surface area contributed by atoms with Crippen molar-refractivity contribution in [1.29, 1.82) is 0 Å². The summed E-state index contributed by atoms with van der Waals surface area (Å²) in [6, 6.07) is 11.8. The van der Waals surface area contributed by atoms with E-state index >= 15 is 0 Å². The Bertz CT molecular complexity index is 680. The van der Waals surface area contributed by atoms with Gasteiger partial charge < -0.3 is 10.0 Å². The van der Waals surface area contributed by atoms with Crippen molar-refractivity contribution in [2.45, 2.75) is 18.9 Å². The largest absolute Gasteiger partial charge is 0.393 e. The van der Waals surface area contributed by atoms with E-state index in [1.807, 2.05) is 43.4 Å². The molecule has 0 aliphatic heterocycles. The van der Waals surface area contributed by atoms with Crippen molar-refractivity contribution in [2.24, 2.45) is 5.92 Å². The third-order valence-corrected chi connectivity index (χ3v) is 4.63. The van der Waals surface area contributed by atoms with Crippen molar-refractivity contribution in [3.8, 4) is 0 Å². The molecule has 4 heteroatoms. The van der Waals surface area contributed by atoms with Crippen LogP contribution in [0.15, 0.2) is 40.9 Å². The number of carbonyl (C=O) groups is 1. The zero-order valence-corrected chi connectivity index (χ0v) is 13.5. The molecule has 0 heterocycles. The molecular weight excluding hydrogens is 330 g/mol. The molecule has 3 nitrogen and oxygen atoms in total. The first-order valence-electron chi connectivity index (χ1n) is 7.16. The van der Waals surface area contributed by atoms with Crippen LogP contribution in [0.25, 0.3) is 10.8 Å². The molecule has 1 saturated carbocycles. The van der Waals surface area contributed by atoms with Gasteiger partial charge in [0.05, 0.1) is 6.10 Å². The van der Waals surface area contributed by atoms with E-state index in [0.717, 1.165) is 28.1 Å². The van der Waals surface area contributed by atoms with E-state index in [1.165, 1.54) is 0 Å². The third kappa shape index (κ3) is 3.11. The Kier molecular flexibility index (Phi) is 4.00. The van der Waals surface area contributed by atoms with Gasteiger partial charge in [-0.3, -0.25) is 4.79 Å². The molecule has 3 rings (SSSR count). The van der Waals surface area contributed by atoms with Crippen molar-refractivity contribution < 1.29 is 9.90 Å². The van der Waals surface area contributed by atoms with Crippen molar-refractivity contribution in [1.82, 2.24) is 4.90 Å². The van der Waals surface area contributed by atoms with Crippen LogP contribution in [0.1, 0.15) is 23.2 Å². The maximum atomic E-state index is 12.5. The smallest absolute Gasteiger partial charge is 0.253 e. The molecule has 0 aromatic heterocycles. The molecule has 0 bridgehead atoms. The summed E-state index contributed by atoms with van der Waals surface area (Å²) in [5.74, 6) is 0.478. The molecule has 1 amide bonds. The lowest BCUT2D eigenvalue weighted by Gasteiger charge is -2.34.